The highest BCUT2D eigenvalue weighted by atomic mass is 16.3. The molecule has 4 nitrogen and oxygen atoms in total. The number of nitrogens with one attached hydrogen (secondary N) is 1. The smallest absolute Gasteiger partial charge is 0.224 e. The molecule has 70 valence electrons. The average molecular weight is 172 g/mol. The summed E-state index contributed by atoms with van der Waals surface area (Å²) in [5.74, 6) is 0.140. The lowest BCUT2D eigenvalue weighted by Crippen LogP contribution is -2.53. The maximum Gasteiger partial charge on any atom is 0.224 e. The molecule has 0 aromatic carbocycles. The Kier molecular flexibility index (Phi) is 3.49. The second-order valence-corrected chi connectivity index (χ2v) is 3.06. The average Bonchev–Trinajstić information content (AvgIpc) is 1.99. The fraction of sp³-hybridized carbons (Fsp3) is 0.875. The molecule has 1 heterocycles. The van der Waals surface area contributed by atoms with Gasteiger partial charge in [0.1, 0.15) is 0 Å². The first-order chi connectivity index (χ1) is 5.74. The van der Waals surface area contributed by atoms with Crippen LogP contribution in [-0.2, 0) is 4.79 Å². The van der Waals surface area contributed by atoms with Crippen LogP contribution < -0.4 is 5.32 Å². The molecule has 1 aliphatic rings. The predicted molar refractivity (Wildman–Crippen MR) is 45.7 cm³/mol. The van der Waals surface area contributed by atoms with Gasteiger partial charge in [-0.25, -0.2) is 0 Å². The number of rotatable bonds is 4. The number of aliphatic hydroxyl groups excluding tert-OH is 1. The molecule has 0 aromatic rings. The first-order valence-corrected chi connectivity index (χ1v) is 4.40. The van der Waals surface area contributed by atoms with E-state index < -0.39 is 0 Å². The molecule has 0 saturated carbocycles. The third kappa shape index (κ3) is 2.46. The third-order valence-electron chi connectivity index (χ3n) is 1.98. The van der Waals surface area contributed by atoms with Crippen molar-refractivity contribution >= 4 is 5.91 Å². The van der Waals surface area contributed by atoms with Gasteiger partial charge in [-0.3, -0.25) is 4.79 Å². The van der Waals surface area contributed by atoms with Gasteiger partial charge in [0.2, 0.25) is 5.91 Å². The summed E-state index contributed by atoms with van der Waals surface area (Å²) >= 11 is 0. The number of amides is 1. The second kappa shape index (κ2) is 4.42. The summed E-state index contributed by atoms with van der Waals surface area (Å²) in [6.07, 6.45) is 0.258. The van der Waals surface area contributed by atoms with Gasteiger partial charge in [-0.15, -0.1) is 0 Å². The SMILES string of the molecule is CCNCCC(=O)N1CC(O)C1. The van der Waals surface area contributed by atoms with Crippen LogP contribution in [0.15, 0.2) is 0 Å². The van der Waals surface area contributed by atoms with Crippen LogP contribution >= 0.6 is 0 Å². The Morgan fingerprint density at radius 1 is 1.67 bits per heavy atom. The topological polar surface area (TPSA) is 52.6 Å². The van der Waals surface area contributed by atoms with Gasteiger partial charge in [-0.2, -0.15) is 0 Å². The Balaban J connectivity index is 2.04. The quantitative estimate of drug-likeness (QED) is 0.545. The van der Waals surface area contributed by atoms with Crippen LogP contribution in [0.4, 0.5) is 0 Å². The zero-order chi connectivity index (χ0) is 8.97. The normalized spacial score (nSPS) is 17.7. The van der Waals surface area contributed by atoms with Crippen molar-refractivity contribution in [3.05, 3.63) is 0 Å². The maximum atomic E-state index is 11.2. The monoisotopic (exact) mass is 172 g/mol. The van der Waals surface area contributed by atoms with Crippen molar-refractivity contribution in [1.29, 1.82) is 0 Å². The van der Waals surface area contributed by atoms with E-state index in [0.29, 0.717) is 19.5 Å². The summed E-state index contributed by atoms with van der Waals surface area (Å²) < 4.78 is 0. The van der Waals surface area contributed by atoms with Gasteiger partial charge in [0.15, 0.2) is 0 Å². The van der Waals surface area contributed by atoms with Gasteiger partial charge < -0.3 is 15.3 Å². The van der Waals surface area contributed by atoms with E-state index in [2.05, 4.69) is 5.32 Å². The number of nitrogens with zero attached hydrogens (tertiary/aromatic N) is 1. The molecule has 12 heavy (non-hydrogen) atoms. The zero-order valence-electron chi connectivity index (χ0n) is 7.42. The van der Waals surface area contributed by atoms with Crippen LogP contribution in [0.2, 0.25) is 0 Å². The minimum atomic E-state index is -0.284. The Morgan fingerprint density at radius 3 is 2.83 bits per heavy atom. The highest BCUT2D eigenvalue weighted by molar-refractivity contribution is 5.77. The van der Waals surface area contributed by atoms with E-state index in [9.17, 15) is 4.79 Å². The molecule has 0 atom stereocenters. The molecule has 0 bridgehead atoms. The fourth-order valence-electron chi connectivity index (χ4n) is 1.19. The predicted octanol–water partition coefficient (Wildman–Crippen LogP) is -0.811. The van der Waals surface area contributed by atoms with Crippen LogP contribution in [0.1, 0.15) is 13.3 Å². The Bertz CT molecular complexity index is 155. The van der Waals surface area contributed by atoms with Crippen LogP contribution in [0, 0.1) is 0 Å². The molecular weight excluding hydrogens is 156 g/mol. The lowest BCUT2D eigenvalue weighted by atomic mass is 10.1. The van der Waals surface area contributed by atoms with Crippen LogP contribution in [0.5, 0.6) is 0 Å². The number of carbonyl (C=O) groups is 1. The number of aliphatic hydroxyl groups is 1. The van der Waals surface area contributed by atoms with Crippen LogP contribution in [0.3, 0.4) is 0 Å². The first-order valence-electron chi connectivity index (χ1n) is 4.40. The van der Waals surface area contributed by atoms with E-state index in [-0.39, 0.29) is 12.0 Å². The molecule has 0 aliphatic carbocycles. The molecule has 1 saturated heterocycles. The molecular formula is C8H16N2O2. The molecule has 1 aliphatic heterocycles. The van der Waals surface area contributed by atoms with Crippen molar-refractivity contribution in [2.75, 3.05) is 26.2 Å². The molecule has 4 heteroatoms. The highest BCUT2D eigenvalue weighted by Gasteiger charge is 2.27. The van der Waals surface area contributed by atoms with Crippen molar-refractivity contribution in [2.24, 2.45) is 0 Å². The van der Waals surface area contributed by atoms with Gasteiger partial charge in [-0.1, -0.05) is 6.92 Å². The minimum absolute atomic E-state index is 0.140. The third-order valence-corrected chi connectivity index (χ3v) is 1.98. The summed E-state index contributed by atoms with van der Waals surface area (Å²) in [5.41, 5.74) is 0. The van der Waals surface area contributed by atoms with E-state index in [4.69, 9.17) is 5.11 Å². The number of carbonyl (C=O) groups excluding carboxylic acids is 1. The van der Waals surface area contributed by atoms with Crippen molar-refractivity contribution in [3.8, 4) is 0 Å². The van der Waals surface area contributed by atoms with Gasteiger partial charge in [0.25, 0.3) is 0 Å². The lowest BCUT2D eigenvalue weighted by Gasteiger charge is -2.35. The lowest BCUT2D eigenvalue weighted by molar-refractivity contribution is -0.141. The molecule has 1 amide bonds. The van der Waals surface area contributed by atoms with Gasteiger partial charge in [-0.05, 0) is 6.54 Å². The number of β-amino-alcohol motifs (C(OH)–C–C–N with tert-alkyl or cyclic N) is 1. The highest BCUT2D eigenvalue weighted by Crippen LogP contribution is 2.08. The van der Waals surface area contributed by atoms with Crippen molar-refractivity contribution in [3.63, 3.8) is 0 Å². The second-order valence-electron chi connectivity index (χ2n) is 3.06. The number of hydrogen-bond donors (Lipinski definition) is 2. The first kappa shape index (κ1) is 9.48. The van der Waals surface area contributed by atoms with Crippen LogP contribution in [0.25, 0.3) is 0 Å². The summed E-state index contributed by atoms with van der Waals surface area (Å²) in [4.78, 5) is 12.9. The van der Waals surface area contributed by atoms with E-state index in [1.165, 1.54) is 0 Å². The largest absolute Gasteiger partial charge is 0.389 e. The standard InChI is InChI=1S/C8H16N2O2/c1-2-9-4-3-8(12)10-5-7(11)6-10/h7,9,11H,2-6H2,1H3. The molecule has 1 fully saturated rings. The Morgan fingerprint density at radius 2 is 2.33 bits per heavy atom. The van der Waals surface area contributed by atoms with Gasteiger partial charge >= 0.3 is 0 Å². The van der Waals surface area contributed by atoms with Gasteiger partial charge in [0.05, 0.1) is 6.10 Å². The maximum absolute atomic E-state index is 11.2. The van der Waals surface area contributed by atoms with E-state index in [1.807, 2.05) is 6.92 Å². The molecule has 2 N–H and O–H groups in total. The Hall–Kier alpha value is -0.610. The van der Waals surface area contributed by atoms with E-state index >= 15 is 0 Å². The molecule has 1 rings (SSSR count). The molecule has 0 aromatic heterocycles. The Labute approximate surface area is 72.6 Å². The van der Waals surface area contributed by atoms with Crippen molar-refractivity contribution in [1.82, 2.24) is 10.2 Å². The summed E-state index contributed by atoms with van der Waals surface area (Å²) in [5, 5.41) is 12.0. The summed E-state index contributed by atoms with van der Waals surface area (Å²) in [6.45, 7) is 4.69. The van der Waals surface area contributed by atoms with E-state index in [0.717, 1.165) is 13.1 Å². The van der Waals surface area contributed by atoms with Crippen molar-refractivity contribution < 1.29 is 9.90 Å². The summed E-state index contributed by atoms with van der Waals surface area (Å²) in [7, 11) is 0. The molecule has 0 unspecified atom stereocenters. The number of hydrogen-bond acceptors (Lipinski definition) is 3. The fourth-order valence-corrected chi connectivity index (χ4v) is 1.19. The van der Waals surface area contributed by atoms with E-state index in [1.54, 1.807) is 4.90 Å². The number of likely N-dealkylation sites (tertiary alicyclic amines) is 1. The van der Waals surface area contributed by atoms with Crippen LogP contribution in [-0.4, -0.2) is 48.2 Å². The zero-order valence-corrected chi connectivity index (χ0v) is 7.42. The molecule has 0 radical (unpaired) electrons. The minimum Gasteiger partial charge on any atom is -0.389 e. The van der Waals surface area contributed by atoms with Gasteiger partial charge in [0, 0.05) is 26.1 Å². The molecule has 0 spiro atoms. The summed E-state index contributed by atoms with van der Waals surface area (Å²) in [6, 6.07) is 0. The van der Waals surface area contributed by atoms with Crippen molar-refractivity contribution in [2.45, 2.75) is 19.4 Å².